The van der Waals surface area contributed by atoms with Crippen LogP contribution in [-0.2, 0) is 4.74 Å². The van der Waals surface area contributed by atoms with Crippen LogP contribution in [0.2, 0.25) is 0 Å². The molecule has 2 heterocycles. The smallest absolute Gasteiger partial charge is 0.340 e. The first-order valence-corrected chi connectivity index (χ1v) is 9.78. The molecule has 1 N–H and O–H groups in total. The summed E-state index contributed by atoms with van der Waals surface area (Å²) in [5.74, 6) is -0.694. The zero-order valence-electron chi connectivity index (χ0n) is 17.1. The number of rotatable bonds is 7. The molecule has 0 spiro atoms. The van der Waals surface area contributed by atoms with Crippen molar-refractivity contribution in [2.24, 2.45) is 0 Å². The van der Waals surface area contributed by atoms with Gasteiger partial charge in [-0.1, -0.05) is 12.1 Å². The predicted molar refractivity (Wildman–Crippen MR) is 113 cm³/mol. The number of ether oxygens (including phenoxy) is 2. The number of methoxy groups -OCH3 is 1. The highest BCUT2D eigenvalue weighted by Gasteiger charge is 2.20. The molecule has 0 bridgehead atoms. The van der Waals surface area contributed by atoms with Crippen molar-refractivity contribution in [3.63, 3.8) is 0 Å². The van der Waals surface area contributed by atoms with Crippen LogP contribution >= 0.6 is 0 Å². The van der Waals surface area contributed by atoms with E-state index in [0.29, 0.717) is 17.1 Å². The van der Waals surface area contributed by atoms with Crippen molar-refractivity contribution in [2.75, 3.05) is 13.7 Å². The Kier molecular flexibility index (Phi) is 6.21. The van der Waals surface area contributed by atoms with E-state index >= 15 is 0 Å². The molecule has 4 rings (SSSR count). The fraction of sp³-hybridized carbons (Fsp3) is 0.125. The molecule has 0 radical (unpaired) electrons. The van der Waals surface area contributed by atoms with Crippen LogP contribution in [0.15, 0.2) is 73.1 Å². The lowest BCUT2D eigenvalue weighted by Gasteiger charge is -2.17. The molecule has 0 saturated carbocycles. The molecular formula is C24H19F2N3O3. The van der Waals surface area contributed by atoms with E-state index in [1.165, 1.54) is 43.5 Å². The largest absolute Gasteiger partial charge is 0.477 e. The Bertz CT molecular complexity index is 1190. The minimum absolute atomic E-state index is 0.159. The third-order valence-electron chi connectivity index (χ3n) is 4.91. The number of carbonyl (C=O) groups is 1. The molecule has 0 fully saturated rings. The Balaban J connectivity index is 1.64. The number of benzene rings is 2. The summed E-state index contributed by atoms with van der Waals surface area (Å²) in [5, 5.41) is 0. The normalized spacial score (nSPS) is 11.7. The van der Waals surface area contributed by atoms with Crippen LogP contribution in [0.3, 0.4) is 0 Å². The molecule has 0 aliphatic carbocycles. The lowest BCUT2D eigenvalue weighted by molar-refractivity contribution is 0.0601. The van der Waals surface area contributed by atoms with E-state index in [4.69, 9.17) is 9.47 Å². The molecule has 6 nitrogen and oxygen atoms in total. The van der Waals surface area contributed by atoms with Gasteiger partial charge in [-0.15, -0.1) is 0 Å². The van der Waals surface area contributed by atoms with Crippen molar-refractivity contribution in [2.45, 2.75) is 5.92 Å². The first kappa shape index (κ1) is 21.2. The van der Waals surface area contributed by atoms with E-state index in [0.717, 1.165) is 5.56 Å². The number of esters is 1. The SMILES string of the molecule is COC(=O)c1ccc(OCC(c2ccc(F)cc2)c2ncc[nH]2)nc1-c1ccc(F)cc1. The van der Waals surface area contributed by atoms with Crippen molar-refractivity contribution < 1.29 is 23.0 Å². The number of aromatic nitrogens is 3. The van der Waals surface area contributed by atoms with Gasteiger partial charge in [-0.2, -0.15) is 0 Å². The standard InChI is InChI=1S/C24H19F2N3O3/c1-31-24(30)19-10-11-21(29-22(19)16-4-8-18(26)9-5-16)32-14-20(23-27-12-13-28-23)15-2-6-17(25)7-3-15/h2-13,20H,14H2,1H3,(H,27,28). The summed E-state index contributed by atoms with van der Waals surface area (Å²) in [4.78, 5) is 24.0. The van der Waals surface area contributed by atoms with Gasteiger partial charge in [-0.05, 0) is 48.0 Å². The molecule has 1 atom stereocenters. The van der Waals surface area contributed by atoms with Gasteiger partial charge in [-0.25, -0.2) is 23.5 Å². The Morgan fingerprint density at radius 3 is 2.31 bits per heavy atom. The van der Waals surface area contributed by atoms with Crippen molar-refractivity contribution >= 4 is 5.97 Å². The number of H-pyrrole nitrogens is 1. The Hall–Kier alpha value is -4.07. The van der Waals surface area contributed by atoms with E-state index in [9.17, 15) is 13.6 Å². The Labute approximate surface area is 182 Å². The summed E-state index contributed by atoms with van der Waals surface area (Å²) in [6.07, 6.45) is 3.32. The highest BCUT2D eigenvalue weighted by atomic mass is 19.1. The fourth-order valence-electron chi connectivity index (χ4n) is 3.29. The molecular weight excluding hydrogens is 416 g/mol. The molecule has 0 amide bonds. The van der Waals surface area contributed by atoms with Crippen molar-refractivity contribution in [1.29, 1.82) is 0 Å². The highest BCUT2D eigenvalue weighted by Crippen LogP contribution is 2.27. The topological polar surface area (TPSA) is 77.1 Å². The molecule has 162 valence electrons. The zero-order valence-corrected chi connectivity index (χ0v) is 17.1. The van der Waals surface area contributed by atoms with E-state index < -0.39 is 11.8 Å². The minimum atomic E-state index is -0.567. The van der Waals surface area contributed by atoms with Crippen LogP contribution in [0.4, 0.5) is 8.78 Å². The van der Waals surface area contributed by atoms with E-state index in [-0.39, 0.29) is 29.8 Å². The predicted octanol–water partition coefficient (Wildman–Crippen LogP) is 4.75. The molecule has 4 aromatic rings. The van der Waals surface area contributed by atoms with Gasteiger partial charge < -0.3 is 14.5 Å². The Morgan fingerprint density at radius 2 is 1.69 bits per heavy atom. The van der Waals surface area contributed by atoms with E-state index in [2.05, 4.69) is 15.0 Å². The molecule has 0 aliphatic rings. The fourth-order valence-corrected chi connectivity index (χ4v) is 3.29. The summed E-state index contributed by atoms with van der Waals surface area (Å²) < 4.78 is 37.5. The number of nitrogens with one attached hydrogen (secondary N) is 1. The van der Waals surface area contributed by atoms with Crippen LogP contribution in [-0.4, -0.2) is 34.6 Å². The summed E-state index contributed by atoms with van der Waals surface area (Å²) in [6, 6.07) is 14.8. The van der Waals surface area contributed by atoms with Crippen LogP contribution in [0, 0.1) is 11.6 Å². The number of nitrogens with zero attached hydrogens (tertiary/aromatic N) is 2. The molecule has 32 heavy (non-hydrogen) atoms. The third-order valence-corrected chi connectivity index (χ3v) is 4.91. The second kappa shape index (κ2) is 9.38. The number of carbonyl (C=O) groups excluding carboxylic acids is 1. The first-order chi connectivity index (χ1) is 15.5. The number of aromatic amines is 1. The van der Waals surface area contributed by atoms with Crippen molar-refractivity contribution in [3.05, 3.63) is 102 Å². The van der Waals surface area contributed by atoms with Crippen LogP contribution < -0.4 is 4.74 Å². The number of pyridine rings is 1. The summed E-state index contributed by atoms with van der Waals surface area (Å²) in [5.41, 5.74) is 1.89. The molecule has 2 aromatic heterocycles. The first-order valence-electron chi connectivity index (χ1n) is 9.78. The summed E-state index contributed by atoms with van der Waals surface area (Å²) in [6.45, 7) is 0.159. The van der Waals surface area contributed by atoms with Crippen LogP contribution in [0.5, 0.6) is 5.88 Å². The molecule has 0 saturated heterocycles. The van der Waals surface area contributed by atoms with E-state index in [1.807, 2.05) is 0 Å². The summed E-state index contributed by atoms with van der Waals surface area (Å²) in [7, 11) is 1.28. The third kappa shape index (κ3) is 4.64. The number of hydrogen-bond acceptors (Lipinski definition) is 5. The number of halogens is 2. The van der Waals surface area contributed by atoms with Gasteiger partial charge >= 0.3 is 5.97 Å². The second-order valence-electron chi connectivity index (χ2n) is 6.93. The highest BCUT2D eigenvalue weighted by molar-refractivity contribution is 5.96. The number of hydrogen-bond donors (Lipinski definition) is 1. The van der Waals surface area contributed by atoms with Crippen LogP contribution in [0.25, 0.3) is 11.3 Å². The van der Waals surface area contributed by atoms with Crippen LogP contribution in [0.1, 0.15) is 27.7 Å². The lowest BCUT2D eigenvalue weighted by atomic mass is 9.99. The molecule has 0 aliphatic heterocycles. The number of imidazole rings is 1. The summed E-state index contributed by atoms with van der Waals surface area (Å²) >= 11 is 0. The van der Waals surface area contributed by atoms with Gasteiger partial charge in [0.25, 0.3) is 0 Å². The maximum atomic E-state index is 13.4. The minimum Gasteiger partial charge on any atom is -0.477 e. The molecule has 2 aromatic carbocycles. The van der Waals surface area contributed by atoms with Gasteiger partial charge in [0.1, 0.15) is 24.1 Å². The van der Waals surface area contributed by atoms with Gasteiger partial charge in [-0.3, -0.25) is 0 Å². The van der Waals surface area contributed by atoms with Gasteiger partial charge in [0.05, 0.1) is 24.3 Å². The maximum absolute atomic E-state index is 13.4. The average molecular weight is 435 g/mol. The second-order valence-corrected chi connectivity index (χ2v) is 6.93. The van der Waals surface area contributed by atoms with Gasteiger partial charge in [0.15, 0.2) is 0 Å². The Morgan fingerprint density at radius 1 is 1.00 bits per heavy atom. The van der Waals surface area contributed by atoms with Gasteiger partial charge in [0.2, 0.25) is 5.88 Å². The monoisotopic (exact) mass is 435 g/mol. The molecule has 1 unspecified atom stereocenters. The average Bonchev–Trinajstić information content (AvgIpc) is 3.35. The maximum Gasteiger partial charge on any atom is 0.340 e. The van der Waals surface area contributed by atoms with E-state index in [1.54, 1.807) is 36.7 Å². The van der Waals surface area contributed by atoms with Crippen molar-refractivity contribution in [1.82, 2.24) is 15.0 Å². The molecule has 8 heteroatoms. The van der Waals surface area contributed by atoms with Crippen molar-refractivity contribution in [3.8, 4) is 17.1 Å². The zero-order chi connectivity index (χ0) is 22.5. The quantitative estimate of drug-likeness (QED) is 0.424. The lowest BCUT2D eigenvalue weighted by Crippen LogP contribution is -2.14. The van der Waals surface area contributed by atoms with Gasteiger partial charge in [0, 0.05) is 24.0 Å².